The molecular weight excluding hydrogens is 286 g/mol. The second kappa shape index (κ2) is 7.20. The van der Waals surface area contributed by atoms with Crippen LogP contribution in [-0.4, -0.2) is 16.9 Å². The molecule has 0 saturated carbocycles. The zero-order valence-corrected chi connectivity index (χ0v) is 12.6. The SMILES string of the molecule is Cc1cc(NC(=O)[C@@H](N)CCc2ccccc2)cnc1Cl. The number of hydrogen-bond donors (Lipinski definition) is 2. The van der Waals surface area contributed by atoms with E-state index in [0.717, 1.165) is 12.0 Å². The number of aromatic nitrogens is 1. The van der Waals surface area contributed by atoms with Gasteiger partial charge in [0.2, 0.25) is 5.91 Å². The number of nitrogens with one attached hydrogen (secondary N) is 1. The summed E-state index contributed by atoms with van der Waals surface area (Å²) in [6, 6.07) is 11.2. The van der Waals surface area contributed by atoms with Gasteiger partial charge in [0.05, 0.1) is 17.9 Å². The monoisotopic (exact) mass is 303 g/mol. The average Bonchev–Trinajstić information content (AvgIpc) is 2.49. The molecule has 0 bridgehead atoms. The summed E-state index contributed by atoms with van der Waals surface area (Å²) in [6.07, 6.45) is 2.89. The van der Waals surface area contributed by atoms with Crippen molar-refractivity contribution in [1.82, 2.24) is 4.98 Å². The molecule has 2 aromatic rings. The highest BCUT2D eigenvalue weighted by atomic mass is 35.5. The number of aryl methyl sites for hydroxylation is 2. The minimum atomic E-state index is -0.554. The van der Waals surface area contributed by atoms with Crippen molar-refractivity contribution in [2.24, 2.45) is 5.73 Å². The van der Waals surface area contributed by atoms with Crippen molar-refractivity contribution in [2.45, 2.75) is 25.8 Å². The molecule has 110 valence electrons. The molecule has 1 heterocycles. The Hall–Kier alpha value is -1.91. The zero-order valence-electron chi connectivity index (χ0n) is 11.8. The maximum absolute atomic E-state index is 12.0. The Morgan fingerprint density at radius 2 is 2.10 bits per heavy atom. The molecule has 1 aromatic carbocycles. The summed E-state index contributed by atoms with van der Waals surface area (Å²) in [7, 11) is 0. The molecule has 3 N–H and O–H groups in total. The lowest BCUT2D eigenvalue weighted by atomic mass is 10.1. The molecule has 5 heteroatoms. The van der Waals surface area contributed by atoms with Crippen LogP contribution in [0.15, 0.2) is 42.6 Å². The van der Waals surface area contributed by atoms with Crippen molar-refractivity contribution in [3.63, 3.8) is 0 Å². The molecule has 0 aliphatic rings. The maximum Gasteiger partial charge on any atom is 0.241 e. The number of amides is 1. The second-order valence-corrected chi connectivity index (χ2v) is 5.31. The van der Waals surface area contributed by atoms with Gasteiger partial charge in [-0.1, -0.05) is 41.9 Å². The molecule has 0 spiro atoms. The van der Waals surface area contributed by atoms with Gasteiger partial charge in [0, 0.05) is 0 Å². The Kier molecular flexibility index (Phi) is 5.31. The van der Waals surface area contributed by atoms with Gasteiger partial charge in [0.15, 0.2) is 0 Å². The highest BCUT2D eigenvalue weighted by Crippen LogP contribution is 2.16. The molecule has 0 fully saturated rings. The van der Waals surface area contributed by atoms with E-state index in [2.05, 4.69) is 10.3 Å². The molecule has 0 aliphatic heterocycles. The van der Waals surface area contributed by atoms with Gasteiger partial charge in [-0.2, -0.15) is 0 Å². The molecule has 4 nitrogen and oxygen atoms in total. The molecular formula is C16H18ClN3O. The Bertz CT molecular complexity index is 616. The number of pyridine rings is 1. The number of hydrogen-bond acceptors (Lipinski definition) is 3. The van der Waals surface area contributed by atoms with E-state index >= 15 is 0 Å². The van der Waals surface area contributed by atoms with Crippen LogP contribution in [0.3, 0.4) is 0 Å². The van der Waals surface area contributed by atoms with Crippen LogP contribution in [0.25, 0.3) is 0 Å². The van der Waals surface area contributed by atoms with E-state index in [1.807, 2.05) is 37.3 Å². The minimum Gasteiger partial charge on any atom is -0.323 e. The van der Waals surface area contributed by atoms with Gasteiger partial charge in [-0.25, -0.2) is 4.98 Å². The smallest absolute Gasteiger partial charge is 0.241 e. The molecule has 0 radical (unpaired) electrons. The van der Waals surface area contributed by atoms with Gasteiger partial charge in [-0.3, -0.25) is 4.79 Å². The number of nitrogens with two attached hydrogens (primary N) is 1. The number of carbonyl (C=O) groups excluding carboxylic acids is 1. The van der Waals surface area contributed by atoms with E-state index in [9.17, 15) is 4.79 Å². The highest BCUT2D eigenvalue weighted by molar-refractivity contribution is 6.30. The van der Waals surface area contributed by atoms with E-state index in [1.165, 1.54) is 11.8 Å². The van der Waals surface area contributed by atoms with E-state index in [0.29, 0.717) is 17.3 Å². The first-order chi connectivity index (χ1) is 10.1. The first-order valence-corrected chi connectivity index (χ1v) is 7.16. The third-order valence-corrected chi connectivity index (χ3v) is 3.60. The van der Waals surface area contributed by atoms with Gasteiger partial charge < -0.3 is 11.1 Å². The van der Waals surface area contributed by atoms with Gasteiger partial charge in [0.25, 0.3) is 0 Å². The third kappa shape index (κ3) is 4.55. The van der Waals surface area contributed by atoms with Crippen LogP contribution < -0.4 is 11.1 Å². The Morgan fingerprint density at radius 3 is 2.76 bits per heavy atom. The number of nitrogens with zero attached hydrogens (tertiary/aromatic N) is 1. The molecule has 0 aliphatic carbocycles. The maximum atomic E-state index is 12.0. The molecule has 21 heavy (non-hydrogen) atoms. The van der Waals surface area contributed by atoms with Crippen LogP contribution >= 0.6 is 11.6 Å². The fourth-order valence-electron chi connectivity index (χ4n) is 1.96. The second-order valence-electron chi connectivity index (χ2n) is 4.95. The van der Waals surface area contributed by atoms with Crippen molar-refractivity contribution >= 4 is 23.2 Å². The van der Waals surface area contributed by atoms with Crippen LogP contribution in [0.5, 0.6) is 0 Å². The lowest BCUT2D eigenvalue weighted by molar-refractivity contribution is -0.117. The summed E-state index contributed by atoms with van der Waals surface area (Å²) in [5.74, 6) is -0.213. The Balaban J connectivity index is 1.89. The lowest BCUT2D eigenvalue weighted by Gasteiger charge is -2.12. The van der Waals surface area contributed by atoms with Crippen molar-refractivity contribution in [2.75, 3.05) is 5.32 Å². The summed E-state index contributed by atoms with van der Waals surface area (Å²) in [5, 5.41) is 3.19. The summed E-state index contributed by atoms with van der Waals surface area (Å²) in [6.45, 7) is 1.83. The van der Waals surface area contributed by atoms with Gasteiger partial charge in [-0.15, -0.1) is 0 Å². The first-order valence-electron chi connectivity index (χ1n) is 6.79. The van der Waals surface area contributed by atoms with Crippen molar-refractivity contribution in [3.05, 3.63) is 58.9 Å². The largest absolute Gasteiger partial charge is 0.323 e. The molecule has 1 atom stereocenters. The summed E-state index contributed by atoms with van der Waals surface area (Å²) >= 11 is 5.85. The summed E-state index contributed by atoms with van der Waals surface area (Å²) in [5.41, 5.74) is 8.51. The normalized spacial score (nSPS) is 12.0. The minimum absolute atomic E-state index is 0.213. The Labute approximate surface area is 129 Å². The average molecular weight is 304 g/mol. The van der Waals surface area contributed by atoms with Gasteiger partial charge in [-0.05, 0) is 37.0 Å². The van der Waals surface area contributed by atoms with E-state index in [1.54, 1.807) is 6.07 Å². The number of carbonyl (C=O) groups is 1. The summed E-state index contributed by atoms with van der Waals surface area (Å²) < 4.78 is 0. The topological polar surface area (TPSA) is 68.0 Å². The van der Waals surface area contributed by atoms with E-state index in [4.69, 9.17) is 17.3 Å². The first kappa shape index (κ1) is 15.5. The van der Waals surface area contributed by atoms with Crippen LogP contribution in [0.2, 0.25) is 5.15 Å². The van der Waals surface area contributed by atoms with Gasteiger partial charge in [0.1, 0.15) is 5.15 Å². The highest BCUT2D eigenvalue weighted by Gasteiger charge is 2.14. The van der Waals surface area contributed by atoms with Gasteiger partial charge >= 0.3 is 0 Å². The zero-order chi connectivity index (χ0) is 15.2. The number of anilines is 1. The molecule has 0 unspecified atom stereocenters. The van der Waals surface area contributed by atoms with Crippen molar-refractivity contribution in [1.29, 1.82) is 0 Å². The fraction of sp³-hybridized carbons (Fsp3) is 0.250. The predicted octanol–water partition coefficient (Wildman–Crippen LogP) is 2.94. The third-order valence-electron chi connectivity index (χ3n) is 3.21. The molecule has 0 saturated heterocycles. The van der Waals surface area contributed by atoms with E-state index < -0.39 is 6.04 Å². The number of benzene rings is 1. The Morgan fingerprint density at radius 1 is 1.38 bits per heavy atom. The quantitative estimate of drug-likeness (QED) is 0.835. The van der Waals surface area contributed by atoms with Crippen molar-refractivity contribution in [3.8, 4) is 0 Å². The van der Waals surface area contributed by atoms with Crippen LogP contribution in [0, 0.1) is 6.92 Å². The number of halogens is 1. The van der Waals surface area contributed by atoms with Crippen LogP contribution in [0.4, 0.5) is 5.69 Å². The van der Waals surface area contributed by atoms with Crippen molar-refractivity contribution < 1.29 is 4.79 Å². The standard InChI is InChI=1S/C16H18ClN3O/c1-11-9-13(10-19-15(11)17)20-16(21)14(18)8-7-12-5-3-2-4-6-12/h2-6,9-10,14H,7-8,18H2,1H3,(H,20,21)/t14-/m0/s1. The lowest BCUT2D eigenvalue weighted by Crippen LogP contribution is -2.36. The predicted molar refractivity (Wildman–Crippen MR) is 85.4 cm³/mol. The van der Waals surface area contributed by atoms with Crippen LogP contribution in [0.1, 0.15) is 17.5 Å². The molecule has 1 amide bonds. The fourth-order valence-corrected chi connectivity index (χ4v) is 2.06. The van der Waals surface area contributed by atoms with E-state index in [-0.39, 0.29) is 5.91 Å². The number of rotatable bonds is 5. The van der Waals surface area contributed by atoms with Crippen LogP contribution in [-0.2, 0) is 11.2 Å². The molecule has 2 rings (SSSR count). The summed E-state index contributed by atoms with van der Waals surface area (Å²) in [4.78, 5) is 16.0. The molecule has 1 aromatic heterocycles.